The summed E-state index contributed by atoms with van der Waals surface area (Å²) in [7, 11) is -3.94. The molecule has 0 aliphatic heterocycles. The van der Waals surface area contributed by atoms with Gasteiger partial charge >= 0.3 is 0 Å². The maximum atomic E-state index is 12.2. The second-order valence-corrected chi connectivity index (χ2v) is 6.08. The van der Waals surface area contributed by atoms with Gasteiger partial charge < -0.3 is 0 Å². The number of nitrogens with one attached hydrogen (secondary N) is 1. The monoisotopic (exact) mass is 328 g/mol. The van der Waals surface area contributed by atoms with E-state index in [1.54, 1.807) is 0 Å². The first kappa shape index (κ1) is 15.1. The highest BCUT2D eigenvalue weighted by Crippen LogP contribution is 2.23. The molecule has 0 unspecified atom stereocenters. The first-order valence-corrected chi connectivity index (χ1v) is 7.41. The number of hydrogen-bond acceptors (Lipinski definition) is 6. The molecule has 0 aliphatic carbocycles. The summed E-state index contributed by atoms with van der Waals surface area (Å²) in [5.41, 5.74) is 0.0562. The van der Waals surface area contributed by atoms with Crippen LogP contribution in [0.5, 0.6) is 0 Å². The van der Waals surface area contributed by atoms with E-state index in [-0.39, 0.29) is 27.1 Å². The molecule has 0 saturated carbocycles. The van der Waals surface area contributed by atoms with E-state index in [0.717, 1.165) is 12.1 Å². The number of hydrogen-bond donors (Lipinski definition) is 1. The van der Waals surface area contributed by atoms with Crippen molar-refractivity contribution in [2.45, 2.75) is 11.8 Å². The van der Waals surface area contributed by atoms with Crippen LogP contribution in [0.3, 0.4) is 0 Å². The fraction of sp³-hybridized carbons (Fsp3) is 0.0909. The first-order valence-electron chi connectivity index (χ1n) is 5.55. The molecule has 21 heavy (non-hydrogen) atoms. The Morgan fingerprint density at radius 1 is 1.33 bits per heavy atom. The fourth-order valence-corrected chi connectivity index (χ4v) is 2.99. The normalized spacial score (nSPS) is 11.1. The third kappa shape index (κ3) is 3.44. The number of nitro benzene ring substituents is 1. The number of non-ortho nitro benzene ring substituents is 1. The Bertz CT molecular complexity index is 810. The molecular formula is C11H9ClN4O4S. The van der Waals surface area contributed by atoms with Gasteiger partial charge in [-0.15, -0.1) is 0 Å². The lowest BCUT2D eigenvalue weighted by Gasteiger charge is -2.09. The lowest BCUT2D eigenvalue weighted by Crippen LogP contribution is -2.15. The molecule has 8 nitrogen and oxygen atoms in total. The van der Waals surface area contributed by atoms with E-state index in [2.05, 4.69) is 14.7 Å². The summed E-state index contributed by atoms with van der Waals surface area (Å²) in [5, 5.41) is 10.7. The second kappa shape index (κ2) is 5.62. The maximum Gasteiger partial charge on any atom is 0.269 e. The van der Waals surface area contributed by atoms with E-state index in [4.69, 9.17) is 11.6 Å². The van der Waals surface area contributed by atoms with Crippen LogP contribution in [0.2, 0.25) is 5.15 Å². The topological polar surface area (TPSA) is 115 Å². The van der Waals surface area contributed by atoms with Gasteiger partial charge in [0.05, 0.1) is 22.2 Å². The summed E-state index contributed by atoms with van der Waals surface area (Å²) in [5.74, 6) is -0.0414. The minimum Gasteiger partial charge on any atom is -0.262 e. The molecule has 0 spiro atoms. The smallest absolute Gasteiger partial charge is 0.262 e. The molecule has 0 saturated heterocycles. The minimum atomic E-state index is -3.94. The van der Waals surface area contributed by atoms with Crippen LogP contribution in [0.1, 0.15) is 5.56 Å². The molecule has 2 rings (SSSR count). The minimum absolute atomic E-state index is 0.0376. The summed E-state index contributed by atoms with van der Waals surface area (Å²) in [6, 6.07) is 3.46. The van der Waals surface area contributed by atoms with Gasteiger partial charge in [0.1, 0.15) is 5.15 Å². The van der Waals surface area contributed by atoms with Crippen LogP contribution in [0.4, 0.5) is 11.5 Å². The summed E-state index contributed by atoms with van der Waals surface area (Å²) < 4.78 is 26.7. The molecule has 0 atom stereocenters. The number of rotatable bonds is 4. The molecule has 1 heterocycles. The Kier molecular flexibility index (Phi) is 4.05. The number of halogens is 1. The lowest BCUT2D eigenvalue weighted by atomic mass is 10.2. The Morgan fingerprint density at radius 3 is 2.62 bits per heavy atom. The van der Waals surface area contributed by atoms with Gasteiger partial charge in [0.25, 0.3) is 15.7 Å². The number of nitro groups is 1. The van der Waals surface area contributed by atoms with Crippen molar-refractivity contribution in [1.82, 2.24) is 9.97 Å². The predicted molar refractivity (Wildman–Crippen MR) is 75.7 cm³/mol. The highest BCUT2D eigenvalue weighted by Gasteiger charge is 2.20. The molecule has 0 aliphatic rings. The van der Waals surface area contributed by atoms with Crippen molar-refractivity contribution in [1.29, 1.82) is 0 Å². The van der Waals surface area contributed by atoms with Gasteiger partial charge in [0.15, 0.2) is 5.82 Å². The maximum absolute atomic E-state index is 12.2. The summed E-state index contributed by atoms with van der Waals surface area (Å²) in [6.45, 7) is 1.46. The van der Waals surface area contributed by atoms with Crippen molar-refractivity contribution in [3.8, 4) is 0 Å². The molecule has 110 valence electrons. The van der Waals surface area contributed by atoms with Gasteiger partial charge in [-0.25, -0.2) is 13.4 Å². The molecular weight excluding hydrogens is 320 g/mol. The van der Waals surface area contributed by atoms with Crippen LogP contribution in [-0.4, -0.2) is 23.3 Å². The Hall–Kier alpha value is -2.26. The number of sulfonamides is 1. The Labute approximate surface area is 125 Å². The van der Waals surface area contributed by atoms with E-state index in [9.17, 15) is 18.5 Å². The molecule has 0 radical (unpaired) electrons. The van der Waals surface area contributed by atoms with E-state index in [0.29, 0.717) is 0 Å². The van der Waals surface area contributed by atoms with E-state index in [1.807, 2.05) is 0 Å². The van der Waals surface area contributed by atoms with Crippen molar-refractivity contribution < 1.29 is 13.3 Å². The van der Waals surface area contributed by atoms with Crippen LogP contribution in [0.15, 0.2) is 35.5 Å². The molecule has 2 aromatic rings. The van der Waals surface area contributed by atoms with Crippen molar-refractivity contribution in [3.63, 3.8) is 0 Å². The SMILES string of the molecule is Cc1cc([N+](=O)[O-])ccc1S(=O)(=O)Nc1cncc(Cl)n1. The van der Waals surface area contributed by atoms with Gasteiger partial charge in [0.2, 0.25) is 0 Å². The molecule has 1 aromatic heterocycles. The molecule has 10 heteroatoms. The fourth-order valence-electron chi connectivity index (χ4n) is 1.63. The standard InChI is InChI=1S/C11H9ClN4O4S/c1-7-4-8(16(17)18)2-3-9(7)21(19,20)15-11-6-13-5-10(12)14-11/h2-6H,1H3,(H,14,15). The van der Waals surface area contributed by atoms with Crippen LogP contribution in [-0.2, 0) is 10.0 Å². The number of nitrogens with zero attached hydrogens (tertiary/aromatic N) is 3. The zero-order chi connectivity index (χ0) is 15.6. The predicted octanol–water partition coefficient (Wildman–Crippen LogP) is 2.15. The zero-order valence-electron chi connectivity index (χ0n) is 10.6. The zero-order valence-corrected chi connectivity index (χ0v) is 12.2. The lowest BCUT2D eigenvalue weighted by molar-refractivity contribution is -0.385. The summed E-state index contributed by atoms with van der Waals surface area (Å²) >= 11 is 5.62. The molecule has 1 N–H and O–H groups in total. The molecule has 0 bridgehead atoms. The number of anilines is 1. The van der Waals surface area contributed by atoms with Crippen LogP contribution >= 0.6 is 11.6 Å². The van der Waals surface area contributed by atoms with Gasteiger partial charge in [-0.05, 0) is 18.6 Å². The first-order chi connectivity index (χ1) is 9.79. The molecule has 0 amide bonds. The Morgan fingerprint density at radius 2 is 2.05 bits per heavy atom. The third-order valence-corrected chi connectivity index (χ3v) is 4.20. The van der Waals surface area contributed by atoms with E-state index in [1.165, 1.54) is 25.4 Å². The molecule has 0 fully saturated rings. The number of aromatic nitrogens is 2. The average Bonchev–Trinajstić information content (AvgIpc) is 2.37. The van der Waals surface area contributed by atoms with E-state index < -0.39 is 14.9 Å². The quantitative estimate of drug-likeness (QED) is 0.679. The van der Waals surface area contributed by atoms with Gasteiger partial charge in [-0.1, -0.05) is 11.6 Å². The highest BCUT2D eigenvalue weighted by molar-refractivity contribution is 7.92. The number of benzene rings is 1. The third-order valence-electron chi connectivity index (χ3n) is 2.50. The van der Waals surface area contributed by atoms with Gasteiger partial charge in [-0.2, -0.15) is 0 Å². The van der Waals surface area contributed by atoms with Crippen LogP contribution in [0, 0.1) is 17.0 Å². The molecule has 1 aromatic carbocycles. The Balaban J connectivity index is 2.38. The van der Waals surface area contributed by atoms with Crippen molar-refractivity contribution >= 4 is 33.1 Å². The van der Waals surface area contributed by atoms with Crippen LogP contribution < -0.4 is 4.72 Å². The summed E-state index contributed by atoms with van der Waals surface area (Å²) in [4.78, 5) is 17.4. The van der Waals surface area contributed by atoms with Crippen molar-refractivity contribution in [3.05, 3.63) is 51.4 Å². The van der Waals surface area contributed by atoms with Crippen molar-refractivity contribution in [2.24, 2.45) is 0 Å². The summed E-state index contributed by atoms with van der Waals surface area (Å²) in [6.07, 6.45) is 2.46. The van der Waals surface area contributed by atoms with Gasteiger partial charge in [-0.3, -0.25) is 19.8 Å². The highest BCUT2D eigenvalue weighted by atomic mass is 35.5. The number of aryl methyl sites for hydroxylation is 1. The van der Waals surface area contributed by atoms with Crippen molar-refractivity contribution in [2.75, 3.05) is 4.72 Å². The average molecular weight is 329 g/mol. The van der Waals surface area contributed by atoms with Crippen LogP contribution in [0.25, 0.3) is 0 Å². The second-order valence-electron chi connectivity index (χ2n) is 4.04. The largest absolute Gasteiger partial charge is 0.269 e. The van der Waals surface area contributed by atoms with E-state index >= 15 is 0 Å². The van der Waals surface area contributed by atoms with Gasteiger partial charge in [0, 0.05) is 12.1 Å².